The van der Waals surface area contributed by atoms with Crippen LogP contribution in [0.4, 0.5) is 0 Å². The van der Waals surface area contributed by atoms with Gasteiger partial charge in [-0.3, -0.25) is 0 Å². The van der Waals surface area contributed by atoms with E-state index in [1.165, 1.54) is 10.9 Å². The highest BCUT2D eigenvalue weighted by Crippen LogP contribution is 2.18. The zero-order valence-electron chi connectivity index (χ0n) is 9.14. The number of hydrogen-bond acceptors (Lipinski definition) is 3. The standard InChI is InChI=1S/C9H14ClN3O2S/c1-4-5-7(2)12-16(14,15)9-8(10)13(3)6-11-9/h4,6-7,12H,1,5H2,2-3H3. The third-order valence-corrected chi connectivity index (χ3v) is 4.04. The lowest BCUT2D eigenvalue weighted by Gasteiger charge is -2.10. The van der Waals surface area contributed by atoms with E-state index in [2.05, 4.69) is 16.3 Å². The van der Waals surface area contributed by atoms with Crippen molar-refractivity contribution in [3.63, 3.8) is 0 Å². The fourth-order valence-corrected chi connectivity index (χ4v) is 2.88. The molecule has 7 heteroatoms. The molecule has 1 heterocycles. The summed E-state index contributed by atoms with van der Waals surface area (Å²) < 4.78 is 27.6. The SMILES string of the molecule is C=CCC(C)NS(=O)(=O)c1ncn(C)c1Cl. The molecule has 0 radical (unpaired) electrons. The van der Waals surface area contributed by atoms with Gasteiger partial charge in [0.15, 0.2) is 0 Å². The van der Waals surface area contributed by atoms with E-state index in [-0.39, 0.29) is 16.2 Å². The van der Waals surface area contributed by atoms with E-state index in [0.717, 1.165) is 0 Å². The van der Waals surface area contributed by atoms with Crippen molar-refractivity contribution in [3.05, 3.63) is 24.1 Å². The average Bonchev–Trinajstić information content (AvgIpc) is 2.47. The van der Waals surface area contributed by atoms with Gasteiger partial charge in [-0.25, -0.2) is 18.1 Å². The van der Waals surface area contributed by atoms with Gasteiger partial charge in [0.2, 0.25) is 5.03 Å². The van der Waals surface area contributed by atoms with Crippen LogP contribution in [0.5, 0.6) is 0 Å². The molecule has 1 unspecified atom stereocenters. The molecule has 0 aliphatic heterocycles. The van der Waals surface area contributed by atoms with Gasteiger partial charge in [0.25, 0.3) is 10.0 Å². The van der Waals surface area contributed by atoms with Crippen molar-refractivity contribution in [2.45, 2.75) is 24.4 Å². The van der Waals surface area contributed by atoms with Crippen LogP contribution in [-0.2, 0) is 17.1 Å². The molecule has 1 aromatic heterocycles. The number of nitrogens with zero attached hydrogens (tertiary/aromatic N) is 2. The Morgan fingerprint density at radius 1 is 1.75 bits per heavy atom. The molecule has 0 saturated carbocycles. The normalized spacial score (nSPS) is 13.7. The van der Waals surface area contributed by atoms with Crippen LogP contribution in [0.15, 0.2) is 24.0 Å². The van der Waals surface area contributed by atoms with E-state index in [4.69, 9.17) is 11.6 Å². The predicted molar refractivity (Wildman–Crippen MR) is 62.8 cm³/mol. The second kappa shape index (κ2) is 4.99. The van der Waals surface area contributed by atoms with Crippen LogP contribution in [0.2, 0.25) is 5.15 Å². The maximum Gasteiger partial charge on any atom is 0.261 e. The average molecular weight is 264 g/mol. The summed E-state index contributed by atoms with van der Waals surface area (Å²) in [6.45, 7) is 5.29. The molecule has 0 spiro atoms. The first-order valence-corrected chi connectivity index (χ1v) is 6.54. The summed E-state index contributed by atoms with van der Waals surface area (Å²) in [7, 11) is -2.03. The van der Waals surface area contributed by atoms with E-state index in [1.54, 1.807) is 20.0 Å². The van der Waals surface area contributed by atoms with Crippen molar-refractivity contribution in [1.29, 1.82) is 0 Å². The summed E-state index contributed by atoms with van der Waals surface area (Å²) in [5.74, 6) is 0. The highest BCUT2D eigenvalue weighted by molar-refractivity contribution is 7.89. The van der Waals surface area contributed by atoms with E-state index in [9.17, 15) is 8.42 Å². The molecular formula is C9H14ClN3O2S. The molecule has 5 nitrogen and oxygen atoms in total. The van der Waals surface area contributed by atoms with E-state index in [0.29, 0.717) is 6.42 Å². The number of rotatable bonds is 5. The topological polar surface area (TPSA) is 64.0 Å². The van der Waals surface area contributed by atoms with Crippen LogP contribution in [-0.4, -0.2) is 24.0 Å². The van der Waals surface area contributed by atoms with Gasteiger partial charge in [-0.1, -0.05) is 17.7 Å². The maximum absolute atomic E-state index is 11.8. The molecule has 0 saturated heterocycles. The number of imidazole rings is 1. The Labute approximate surface area is 100 Å². The minimum absolute atomic E-state index is 0.0957. The first-order valence-electron chi connectivity index (χ1n) is 4.68. The summed E-state index contributed by atoms with van der Waals surface area (Å²) in [6.07, 6.45) is 3.55. The van der Waals surface area contributed by atoms with Gasteiger partial charge in [0, 0.05) is 13.1 Å². The molecule has 1 rings (SSSR count). The second-order valence-corrected chi connectivity index (χ2v) is 5.49. The molecular weight excluding hydrogens is 250 g/mol. The van der Waals surface area contributed by atoms with Crippen LogP contribution in [0, 0.1) is 0 Å². The lowest BCUT2D eigenvalue weighted by atomic mass is 10.3. The van der Waals surface area contributed by atoms with Crippen molar-refractivity contribution < 1.29 is 8.42 Å². The summed E-state index contributed by atoms with van der Waals surface area (Å²) in [5.41, 5.74) is 0. The molecule has 0 amide bonds. The Morgan fingerprint density at radius 3 is 2.81 bits per heavy atom. The first kappa shape index (κ1) is 13.2. The Kier molecular flexibility index (Phi) is 4.12. The summed E-state index contributed by atoms with van der Waals surface area (Å²) >= 11 is 5.81. The Bertz CT molecular complexity index is 481. The van der Waals surface area contributed by atoms with E-state index in [1.807, 2.05) is 0 Å². The highest BCUT2D eigenvalue weighted by Gasteiger charge is 2.23. The molecule has 1 N–H and O–H groups in total. The van der Waals surface area contributed by atoms with Gasteiger partial charge in [0.05, 0.1) is 6.33 Å². The minimum atomic E-state index is -3.65. The van der Waals surface area contributed by atoms with Crippen molar-refractivity contribution in [2.75, 3.05) is 0 Å². The number of halogens is 1. The van der Waals surface area contributed by atoms with Gasteiger partial charge in [-0.05, 0) is 13.3 Å². The molecule has 1 atom stereocenters. The van der Waals surface area contributed by atoms with Gasteiger partial charge in [-0.15, -0.1) is 6.58 Å². The predicted octanol–water partition coefficient (Wildman–Crippen LogP) is 1.32. The fraction of sp³-hybridized carbons (Fsp3) is 0.444. The van der Waals surface area contributed by atoms with Crippen LogP contribution >= 0.6 is 11.6 Å². The largest absolute Gasteiger partial charge is 0.324 e. The van der Waals surface area contributed by atoms with Crippen molar-refractivity contribution in [2.24, 2.45) is 7.05 Å². The van der Waals surface area contributed by atoms with Crippen LogP contribution in [0.25, 0.3) is 0 Å². The zero-order valence-corrected chi connectivity index (χ0v) is 10.7. The smallest absolute Gasteiger partial charge is 0.261 e. The molecule has 0 aliphatic rings. The third kappa shape index (κ3) is 2.84. The number of hydrogen-bond donors (Lipinski definition) is 1. The van der Waals surface area contributed by atoms with Crippen molar-refractivity contribution in [1.82, 2.24) is 14.3 Å². The summed E-state index contributed by atoms with van der Waals surface area (Å²) in [6, 6.07) is -0.236. The fourth-order valence-electron chi connectivity index (χ4n) is 1.19. The first-order chi connectivity index (χ1) is 7.38. The Balaban J connectivity index is 2.94. The number of aryl methyl sites for hydroxylation is 1. The quantitative estimate of drug-likeness (QED) is 0.815. The molecule has 0 fully saturated rings. The molecule has 16 heavy (non-hydrogen) atoms. The van der Waals surface area contributed by atoms with Gasteiger partial charge < -0.3 is 4.57 Å². The monoisotopic (exact) mass is 263 g/mol. The molecule has 0 bridgehead atoms. The molecule has 0 aromatic carbocycles. The minimum Gasteiger partial charge on any atom is -0.324 e. The maximum atomic E-state index is 11.8. The van der Waals surface area contributed by atoms with E-state index < -0.39 is 10.0 Å². The van der Waals surface area contributed by atoms with Crippen molar-refractivity contribution in [3.8, 4) is 0 Å². The van der Waals surface area contributed by atoms with Crippen LogP contribution in [0.1, 0.15) is 13.3 Å². The van der Waals surface area contributed by atoms with Gasteiger partial charge in [-0.2, -0.15) is 0 Å². The number of sulfonamides is 1. The zero-order chi connectivity index (χ0) is 12.3. The van der Waals surface area contributed by atoms with Crippen molar-refractivity contribution >= 4 is 21.6 Å². The molecule has 1 aromatic rings. The van der Waals surface area contributed by atoms with Crippen LogP contribution < -0.4 is 4.72 Å². The second-order valence-electron chi connectivity index (χ2n) is 3.50. The Hall–Kier alpha value is -0.850. The van der Waals surface area contributed by atoms with Crippen LogP contribution in [0.3, 0.4) is 0 Å². The summed E-state index contributed by atoms with van der Waals surface area (Å²) in [5, 5.41) is -0.0501. The third-order valence-electron chi connectivity index (χ3n) is 1.97. The lowest BCUT2D eigenvalue weighted by Crippen LogP contribution is -2.32. The lowest BCUT2D eigenvalue weighted by molar-refractivity contribution is 0.559. The Morgan fingerprint density at radius 2 is 2.38 bits per heavy atom. The van der Waals surface area contributed by atoms with E-state index >= 15 is 0 Å². The highest BCUT2D eigenvalue weighted by atomic mass is 35.5. The molecule has 90 valence electrons. The number of nitrogens with one attached hydrogen (secondary N) is 1. The van der Waals surface area contributed by atoms with Gasteiger partial charge in [0.1, 0.15) is 5.15 Å². The molecule has 0 aliphatic carbocycles. The van der Waals surface area contributed by atoms with Gasteiger partial charge >= 0.3 is 0 Å². The number of aromatic nitrogens is 2. The summed E-state index contributed by atoms with van der Waals surface area (Å²) in [4.78, 5) is 3.75.